The van der Waals surface area contributed by atoms with Crippen LogP contribution < -0.4 is 16.0 Å². The first kappa shape index (κ1) is 38.0. The molecule has 0 spiro atoms. The summed E-state index contributed by atoms with van der Waals surface area (Å²) >= 11 is 0. The third kappa shape index (κ3) is 8.91. The molecular weight excluding hydrogens is 691 g/mol. The van der Waals surface area contributed by atoms with Crippen molar-refractivity contribution in [3.63, 3.8) is 0 Å². The van der Waals surface area contributed by atoms with Crippen molar-refractivity contribution in [1.82, 2.24) is 30.7 Å². The number of carbonyl (C=O) groups is 6. The van der Waals surface area contributed by atoms with Crippen LogP contribution in [-0.4, -0.2) is 113 Å². The van der Waals surface area contributed by atoms with Crippen molar-refractivity contribution in [1.29, 1.82) is 0 Å². The van der Waals surface area contributed by atoms with Gasteiger partial charge in [-0.25, -0.2) is 18.8 Å². The number of urea groups is 1. The Hall–Kier alpha value is -4.73. The van der Waals surface area contributed by atoms with Gasteiger partial charge in [0.15, 0.2) is 0 Å². The number of amides is 7. The summed E-state index contributed by atoms with van der Waals surface area (Å²) in [6, 6.07) is 1.81. The number of nitrogens with zero attached hydrogens (tertiary/aromatic N) is 3. The molecule has 5 aliphatic rings. The SMILES string of the molecule is CC(C)(C)OC(=O)N[C@H]1CCCCC/C=C\[C@@H]2C[C@@]2(C(=O)NC(=O)N2CCOCC2)NC(=O)[C@@H]2CC(OC(=O)N3Cc4cccc(F)c4C3)CN2C1=O. The van der Waals surface area contributed by atoms with E-state index in [0.717, 1.165) is 12.8 Å². The number of ether oxygens (including phenoxy) is 3. The second kappa shape index (κ2) is 15.7. The van der Waals surface area contributed by atoms with Gasteiger partial charge in [-0.3, -0.25) is 24.6 Å². The molecule has 0 bridgehead atoms. The monoisotopic (exact) mass is 740 g/mol. The van der Waals surface area contributed by atoms with Crippen LogP contribution in [0.15, 0.2) is 30.4 Å². The molecule has 0 radical (unpaired) electrons. The molecule has 15 nitrogen and oxygen atoms in total. The Balaban J connectivity index is 1.23. The fourth-order valence-electron chi connectivity index (χ4n) is 7.40. The van der Waals surface area contributed by atoms with Crippen LogP contribution in [-0.2, 0) is 41.7 Å². The Kier molecular flexibility index (Phi) is 11.3. The van der Waals surface area contributed by atoms with Crippen molar-refractivity contribution in [2.45, 2.75) is 108 Å². The molecule has 4 aliphatic heterocycles. The number of benzene rings is 1. The highest BCUT2D eigenvalue weighted by molar-refractivity contribution is 6.04. The van der Waals surface area contributed by atoms with Gasteiger partial charge in [0, 0.05) is 37.5 Å². The number of hydrogen-bond acceptors (Lipinski definition) is 9. The molecule has 7 amide bonds. The smallest absolute Gasteiger partial charge is 0.410 e. The van der Waals surface area contributed by atoms with Gasteiger partial charge in [0.2, 0.25) is 11.8 Å². The number of carbonyl (C=O) groups excluding carboxylic acids is 6. The number of allylic oxidation sites excluding steroid dienone is 1. The van der Waals surface area contributed by atoms with E-state index in [-0.39, 0.29) is 38.9 Å². The normalized spacial score (nSPS) is 28.3. The standard InChI is InChI=1S/C37H49FN6O9/c1-36(2,3)53-34(49)39-28-13-8-6-4-5-7-11-24-19-37(24,32(47)40-33(48)42-14-16-51-17-15-42)41-30(45)29-18-25(21-44(29)31(28)46)52-35(50)43-20-23-10-9-12-27(38)26(23)22-43/h7,9-12,24-25,28-29H,4-6,8,13-22H2,1-3H3,(H,39,49)(H,41,45)(H,40,47,48)/b11-7-/t24-,25?,28+,29+,37-/m1/s1. The van der Waals surface area contributed by atoms with Gasteiger partial charge in [-0.2, -0.15) is 0 Å². The van der Waals surface area contributed by atoms with Crippen LogP contribution in [0, 0.1) is 11.7 Å². The van der Waals surface area contributed by atoms with Crippen LogP contribution in [0.4, 0.5) is 18.8 Å². The van der Waals surface area contributed by atoms with Crippen molar-refractivity contribution < 1.29 is 47.4 Å². The molecule has 3 N–H and O–H groups in total. The van der Waals surface area contributed by atoms with Gasteiger partial charge in [0.25, 0.3) is 5.91 Å². The summed E-state index contributed by atoms with van der Waals surface area (Å²) in [5.41, 5.74) is -1.21. The van der Waals surface area contributed by atoms with Crippen molar-refractivity contribution in [3.05, 3.63) is 47.3 Å². The zero-order valence-electron chi connectivity index (χ0n) is 30.5. The average Bonchev–Trinajstić information content (AvgIpc) is 3.40. The van der Waals surface area contributed by atoms with Crippen LogP contribution in [0.1, 0.15) is 76.8 Å². The van der Waals surface area contributed by atoms with Gasteiger partial charge < -0.3 is 34.6 Å². The van der Waals surface area contributed by atoms with E-state index >= 15 is 0 Å². The fraction of sp³-hybridized carbons (Fsp3) is 0.622. The van der Waals surface area contributed by atoms with Crippen molar-refractivity contribution in [3.8, 4) is 0 Å². The first-order chi connectivity index (χ1) is 25.2. The molecule has 53 heavy (non-hydrogen) atoms. The Bertz CT molecular complexity index is 1640. The van der Waals surface area contributed by atoms with Crippen LogP contribution in [0.2, 0.25) is 0 Å². The first-order valence-corrected chi connectivity index (χ1v) is 18.4. The molecule has 1 unspecified atom stereocenters. The minimum absolute atomic E-state index is 0.0116. The molecule has 0 aromatic heterocycles. The highest BCUT2D eigenvalue weighted by Crippen LogP contribution is 2.45. The molecule has 6 rings (SSSR count). The first-order valence-electron chi connectivity index (χ1n) is 18.4. The third-order valence-electron chi connectivity index (χ3n) is 10.3. The Morgan fingerprint density at radius 1 is 1.04 bits per heavy atom. The van der Waals surface area contributed by atoms with E-state index in [1.54, 1.807) is 32.9 Å². The molecule has 1 aromatic rings. The molecule has 4 heterocycles. The maximum Gasteiger partial charge on any atom is 0.410 e. The summed E-state index contributed by atoms with van der Waals surface area (Å²) in [5, 5.41) is 8.03. The fourth-order valence-corrected chi connectivity index (χ4v) is 7.40. The predicted octanol–water partition coefficient (Wildman–Crippen LogP) is 3.10. The second-order valence-corrected chi connectivity index (χ2v) is 15.4. The van der Waals surface area contributed by atoms with Crippen molar-refractivity contribution in [2.75, 3.05) is 32.8 Å². The summed E-state index contributed by atoms with van der Waals surface area (Å²) in [4.78, 5) is 85.8. The minimum atomic E-state index is -1.45. The molecule has 3 fully saturated rings. The summed E-state index contributed by atoms with van der Waals surface area (Å²) in [5.74, 6) is -2.71. The molecule has 1 aliphatic carbocycles. The number of morpholine rings is 1. The average molecular weight is 741 g/mol. The van der Waals surface area contributed by atoms with Gasteiger partial charge >= 0.3 is 18.2 Å². The van der Waals surface area contributed by atoms with E-state index in [4.69, 9.17) is 14.2 Å². The maximum absolute atomic E-state index is 14.4. The predicted molar refractivity (Wildman–Crippen MR) is 186 cm³/mol. The summed E-state index contributed by atoms with van der Waals surface area (Å²) in [6.07, 6.45) is 4.62. The van der Waals surface area contributed by atoms with E-state index in [9.17, 15) is 33.2 Å². The van der Waals surface area contributed by atoms with E-state index < -0.39 is 77.0 Å². The molecular formula is C37H49FN6O9. The van der Waals surface area contributed by atoms with Crippen LogP contribution in [0.3, 0.4) is 0 Å². The summed E-state index contributed by atoms with van der Waals surface area (Å²) < 4.78 is 31.0. The second-order valence-electron chi connectivity index (χ2n) is 15.4. The van der Waals surface area contributed by atoms with Crippen LogP contribution in [0.25, 0.3) is 0 Å². The lowest BCUT2D eigenvalue weighted by Gasteiger charge is -2.31. The number of fused-ring (bicyclic) bond motifs is 3. The lowest BCUT2D eigenvalue weighted by atomic mass is 10.0. The van der Waals surface area contributed by atoms with E-state index in [2.05, 4.69) is 16.0 Å². The van der Waals surface area contributed by atoms with Gasteiger partial charge in [-0.1, -0.05) is 37.1 Å². The molecule has 1 aromatic carbocycles. The van der Waals surface area contributed by atoms with E-state index in [1.807, 2.05) is 12.2 Å². The van der Waals surface area contributed by atoms with Gasteiger partial charge in [-0.15, -0.1) is 0 Å². The molecule has 5 atom stereocenters. The topological polar surface area (TPSA) is 176 Å². The Morgan fingerprint density at radius 2 is 1.81 bits per heavy atom. The molecule has 1 saturated carbocycles. The number of imide groups is 1. The summed E-state index contributed by atoms with van der Waals surface area (Å²) in [7, 11) is 0. The van der Waals surface area contributed by atoms with E-state index in [1.165, 1.54) is 20.8 Å². The number of rotatable bonds is 3. The number of nitrogens with one attached hydrogen (secondary N) is 3. The maximum atomic E-state index is 14.4. The highest BCUT2D eigenvalue weighted by Gasteiger charge is 2.61. The molecule has 2 saturated heterocycles. The Morgan fingerprint density at radius 3 is 2.55 bits per heavy atom. The lowest BCUT2D eigenvalue weighted by molar-refractivity contribution is -0.141. The quantitative estimate of drug-likeness (QED) is 0.394. The number of hydrogen-bond donors (Lipinski definition) is 3. The van der Waals surface area contributed by atoms with Crippen molar-refractivity contribution in [2.24, 2.45) is 5.92 Å². The number of halogens is 1. The van der Waals surface area contributed by atoms with Gasteiger partial charge in [0.05, 0.1) is 26.3 Å². The highest BCUT2D eigenvalue weighted by atomic mass is 19.1. The number of alkyl carbamates (subject to hydrolysis) is 1. The van der Waals surface area contributed by atoms with Crippen LogP contribution >= 0.6 is 0 Å². The van der Waals surface area contributed by atoms with Crippen molar-refractivity contribution >= 4 is 35.9 Å². The van der Waals surface area contributed by atoms with E-state index in [0.29, 0.717) is 50.3 Å². The Labute approximate surface area is 307 Å². The largest absolute Gasteiger partial charge is 0.444 e. The minimum Gasteiger partial charge on any atom is -0.444 e. The van der Waals surface area contributed by atoms with Gasteiger partial charge in [-0.05, 0) is 58.1 Å². The lowest BCUT2D eigenvalue weighted by Crippen LogP contribution is -2.59. The zero-order valence-corrected chi connectivity index (χ0v) is 30.5. The summed E-state index contributed by atoms with van der Waals surface area (Å²) in [6.45, 7) is 6.43. The molecule has 288 valence electrons. The van der Waals surface area contributed by atoms with Gasteiger partial charge in [0.1, 0.15) is 35.1 Å². The zero-order chi connectivity index (χ0) is 37.9. The molecule has 16 heteroatoms. The van der Waals surface area contributed by atoms with Crippen LogP contribution in [0.5, 0.6) is 0 Å². The third-order valence-corrected chi connectivity index (χ3v) is 10.3.